The highest BCUT2D eigenvalue weighted by Gasteiger charge is 2.16. The van der Waals surface area contributed by atoms with Crippen molar-refractivity contribution < 1.29 is 9.53 Å². The zero-order valence-corrected chi connectivity index (χ0v) is 16.2. The van der Waals surface area contributed by atoms with Gasteiger partial charge in [-0.05, 0) is 36.8 Å². The van der Waals surface area contributed by atoms with E-state index < -0.39 is 0 Å². The second kappa shape index (κ2) is 7.40. The third kappa shape index (κ3) is 3.34. The molecule has 1 aromatic carbocycles. The second-order valence-electron chi connectivity index (χ2n) is 6.31. The summed E-state index contributed by atoms with van der Waals surface area (Å²) in [5.74, 6) is 1.01. The number of amides is 1. The molecule has 0 spiro atoms. The largest absolute Gasteiger partial charge is 0.497 e. The van der Waals surface area contributed by atoms with Crippen LogP contribution in [0.2, 0.25) is 0 Å². The summed E-state index contributed by atoms with van der Waals surface area (Å²) in [6.45, 7) is 2.03. The van der Waals surface area contributed by atoms with Crippen molar-refractivity contribution in [1.29, 1.82) is 0 Å². The molecule has 0 bridgehead atoms. The summed E-state index contributed by atoms with van der Waals surface area (Å²) in [5.41, 5.74) is 1.37. The van der Waals surface area contributed by atoms with Crippen molar-refractivity contribution in [3.8, 4) is 5.75 Å². The van der Waals surface area contributed by atoms with E-state index >= 15 is 0 Å². The summed E-state index contributed by atoms with van der Waals surface area (Å²) in [5, 5.41) is 3.70. The van der Waals surface area contributed by atoms with Crippen molar-refractivity contribution in [1.82, 2.24) is 19.9 Å². The summed E-state index contributed by atoms with van der Waals surface area (Å²) in [7, 11) is 1.61. The number of fused-ring (bicyclic) bond motifs is 3. The van der Waals surface area contributed by atoms with Gasteiger partial charge in [0.15, 0.2) is 0 Å². The minimum absolute atomic E-state index is 0.0779. The molecular weight excluding hydrogens is 376 g/mol. The van der Waals surface area contributed by atoms with Crippen LogP contribution in [-0.2, 0) is 17.9 Å². The van der Waals surface area contributed by atoms with Crippen LogP contribution < -0.4 is 15.6 Å². The van der Waals surface area contributed by atoms with Crippen molar-refractivity contribution >= 4 is 37.7 Å². The number of aromatic nitrogens is 3. The fourth-order valence-corrected chi connectivity index (χ4v) is 4.03. The number of pyridine rings is 1. The molecule has 0 aliphatic carbocycles. The molecule has 0 fully saturated rings. The first-order chi connectivity index (χ1) is 13.6. The van der Waals surface area contributed by atoms with Crippen LogP contribution in [0.25, 0.3) is 20.4 Å². The first kappa shape index (κ1) is 18.1. The summed E-state index contributed by atoms with van der Waals surface area (Å²) < 4.78 is 7.04. The molecule has 4 rings (SSSR count). The Kier molecular flexibility index (Phi) is 4.79. The van der Waals surface area contributed by atoms with Crippen LogP contribution in [-0.4, -0.2) is 27.6 Å². The molecule has 28 heavy (non-hydrogen) atoms. The molecule has 4 aromatic rings. The predicted octanol–water partition coefficient (Wildman–Crippen LogP) is 2.64. The highest BCUT2D eigenvalue weighted by atomic mass is 32.1. The van der Waals surface area contributed by atoms with Gasteiger partial charge in [-0.1, -0.05) is 12.1 Å². The molecule has 0 atom stereocenters. The number of benzene rings is 1. The first-order valence-electron chi connectivity index (χ1n) is 8.71. The van der Waals surface area contributed by atoms with Crippen LogP contribution in [0.1, 0.15) is 11.4 Å². The molecule has 0 unspecified atom stereocenters. The molecule has 7 nitrogen and oxygen atoms in total. The monoisotopic (exact) mass is 394 g/mol. The maximum Gasteiger partial charge on any atom is 0.272 e. The highest BCUT2D eigenvalue weighted by Crippen LogP contribution is 2.28. The zero-order chi connectivity index (χ0) is 19.7. The molecule has 3 heterocycles. The number of rotatable bonds is 5. The average molecular weight is 394 g/mol. The fourth-order valence-electron chi connectivity index (χ4n) is 3.00. The number of carbonyl (C=O) groups excluding carboxylic acids is 1. The van der Waals surface area contributed by atoms with Gasteiger partial charge < -0.3 is 10.1 Å². The minimum atomic E-state index is -0.249. The van der Waals surface area contributed by atoms with Gasteiger partial charge in [0.25, 0.3) is 5.56 Å². The molecule has 0 radical (unpaired) electrons. The van der Waals surface area contributed by atoms with Crippen LogP contribution in [0, 0.1) is 6.92 Å². The zero-order valence-electron chi connectivity index (χ0n) is 15.4. The lowest BCUT2D eigenvalue weighted by Gasteiger charge is -2.10. The van der Waals surface area contributed by atoms with Crippen LogP contribution >= 0.6 is 11.3 Å². The van der Waals surface area contributed by atoms with Gasteiger partial charge in [0, 0.05) is 18.1 Å². The standard InChI is InChI=1S/C20H18N4O3S/c1-12-23-17-15-4-3-9-21-19(15)28-18(17)20(26)24(12)11-16(25)22-10-13-5-7-14(27-2)8-6-13/h3-9H,10-11H2,1-2H3,(H,22,25). The third-order valence-electron chi connectivity index (χ3n) is 4.49. The molecule has 142 valence electrons. The molecule has 8 heteroatoms. The maximum absolute atomic E-state index is 12.9. The van der Waals surface area contributed by atoms with E-state index in [0.29, 0.717) is 22.6 Å². The SMILES string of the molecule is COc1ccc(CNC(=O)Cn2c(C)nc3c(sc4ncccc43)c2=O)cc1. The van der Waals surface area contributed by atoms with Crippen LogP contribution in [0.4, 0.5) is 0 Å². The molecule has 0 saturated carbocycles. The Morgan fingerprint density at radius 2 is 2.04 bits per heavy atom. The van der Waals surface area contributed by atoms with E-state index in [0.717, 1.165) is 21.5 Å². The Morgan fingerprint density at radius 3 is 2.79 bits per heavy atom. The summed E-state index contributed by atoms with van der Waals surface area (Å²) >= 11 is 1.30. The van der Waals surface area contributed by atoms with E-state index in [2.05, 4.69) is 15.3 Å². The van der Waals surface area contributed by atoms with E-state index in [-0.39, 0.29) is 18.0 Å². The number of methoxy groups -OCH3 is 1. The number of hydrogen-bond acceptors (Lipinski definition) is 6. The van der Waals surface area contributed by atoms with Gasteiger partial charge in [0.2, 0.25) is 5.91 Å². The summed E-state index contributed by atoms with van der Waals surface area (Å²) in [6.07, 6.45) is 1.69. The Morgan fingerprint density at radius 1 is 1.25 bits per heavy atom. The Balaban J connectivity index is 1.55. The summed E-state index contributed by atoms with van der Waals surface area (Å²) in [6, 6.07) is 11.2. The van der Waals surface area contributed by atoms with E-state index in [4.69, 9.17) is 4.74 Å². The topological polar surface area (TPSA) is 86.1 Å². The van der Waals surface area contributed by atoms with Crippen molar-refractivity contribution in [2.75, 3.05) is 7.11 Å². The molecule has 3 aromatic heterocycles. The number of thiophene rings is 1. The molecule has 0 saturated heterocycles. The van der Waals surface area contributed by atoms with Crippen LogP contribution in [0.15, 0.2) is 47.4 Å². The third-order valence-corrected chi connectivity index (χ3v) is 5.58. The lowest BCUT2D eigenvalue weighted by atomic mass is 10.2. The number of carbonyl (C=O) groups is 1. The summed E-state index contributed by atoms with van der Waals surface area (Å²) in [4.78, 5) is 34.9. The second-order valence-corrected chi connectivity index (χ2v) is 7.31. The van der Waals surface area contributed by atoms with Gasteiger partial charge in [-0.25, -0.2) is 9.97 Å². The van der Waals surface area contributed by atoms with Gasteiger partial charge in [0.1, 0.15) is 27.6 Å². The fraction of sp³-hybridized carbons (Fsp3) is 0.200. The van der Waals surface area contributed by atoms with E-state index in [1.807, 2.05) is 36.4 Å². The smallest absolute Gasteiger partial charge is 0.272 e. The number of nitrogens with zero attached hydrogens (tertiary/aromatic N) is 3. The Hall–Kier alpha value is -3.26. The lowest BCUT2D eigenvalue weighted by molar-refractivity contribution is -0.121. The molecular formula is C20H18N4O3S. The lowest BCUT2D eigenvalue weighted by Crippen LogP contribution is -2.33. The normalized spacial score (nSPS) is 11.1. The van der Waals surface area contributed by atoms with Crippen molar-refractivity contribution in [3.63, 3.8) is 0 Å². The van der Waals surface area contributed by atoms with E-state index in [1.54, 1.807) is 20.2 Å². The number of nitrogens with one attached hydrogen (secondary N) is 1. The van der Waals surface area contributed by atoms with Crippen molar-refractivity contribution in [2.45, 2.75) is 20.0 Å². The predicted molar refractivity (Wildman–Crippen MR) is 109 cm³/mol. The molecule has 1 N–H and O–H groups in total. The number of hydrogen-bond donors (Lipinski definition) is 1. The molecule has 0 aliphatic rings. The van der Waals surface area contributed by atoms with Gasteiger partial charge in [-0.3, -0.25) is 14.2 Å². The Labute approximate surface area is 164 Å². The van der Waals surface area contributed by atoms with Crippen molar-refractivity contribution in [2.24, 2.45) is 0 Å². The molecule has 1 amide bonds. The quantitative estimate of drug-likeness (QED) is 0.562. The highest BCUT2D eigenvalue weighted by molar-refractivity contribution is 7.25. The van der Waals surface area contributed by atoms with Crippen LogP contribution in [0.5, 0.6) is 5.75 Å². The van der Waals surface area contributed by atoms with Gasteiger partial charge in [-0.2, -0.15) is 0 Å². The van der Waals surface area contributed by atoms with Gasteiger partial charge in [0.05, 0.1) is 12.6 Å². The number of aryl methyl sites for hydroxylation is 1. The first-order valence-corrected chi connectivity index (χ1v) is 9.53. The van der Waals surface area contributed by atoms with Gasteiger partial charge >= 0.3 is 0 Å². The minimum Gasteiger partial charge on any atom is -0.497 e. The average Bonchev–Trinajstić information content (AvgIpc) is 3.09. The molecule has 0 aliphatic heterocycles. The van der Waals surface area contributed by atoms with E-state index in [9.17, 15) is 9.59 Å². The van der Waals surface area contributed by atoms with Crippen molar-refractivity contribution in [3.05, 3.63) is 64.3 Å². The van der Waals surface area contributed by atoms with Crippen LogP contribution in [0.3, 0.4) is 0 Å². The Bertz CT molecular complexity index is 1230. The van der Waals surface area contributed by atoms with E-state index in [1.165, 1.54) is 15.9 Å². The maximum atomic E-state index is 12.9. The number of ether oxygens (including phenoxy) is 1. The van der Waals surface area contributed by atoms with Gasteiger partial charge in [-0.15, -0.1) is 11.3 Å².